The second-order valence-electron chi connectivity index (χ2n) is 4.76. The van der Waals surface area contributed by atoms with Gasteiger partial charge in [-0.2, -0.15) is 5.26 Å². The summed E-state index contributed by atoms with van der Waals surface area (Å²) in [6, 6.07) is 8.56. The number of rotatable bonds is 4. The molecule has 0 fully saturated rings. The van der Waals surface area contributed by atoms with Gasteiger partial charge in [-0.25, -0.2) is 0 Å². The highest BCUT2D eigenvalue weighted by Gasteiger charge is 2.21. The lowest BCUT2D eigenvalue weighted by Crippen LogP contribution is -2.42. The summed E-state index contributed by atoms with van der Waals surface area (Å²) in [7, 11) is 1.65. The summed E-state index contributed by atoms with van der Waals surface area (Å²) >= 11 is 0. The monoisotopic (exact) mass is 245 g/mol. The lowest BCUT2D eigenvalue weighted by atomic mass is 10.0. The number of anilines is 1. The zero-order valence-electron chi connectivity index (χ0n) is 11.1. The maximum Gasteiger partial charge on any atom is 0.243 e. The normalized spacial score (nSPS) is 12.0. The van der Waals surface area contributed by atoms with Gasteiger partial charge in [0.25, 0.3) is 0 Å². The first-order valence-corrected chi connectivity index (χ1v) is 5.99. The van der Waals surface area contributed by atoms with Crippen molar-refractivity contribution < 1.29 is 4.79 Å². The van der Waals surface area contributed by atoms with Gasteiger partial charge in [-0.3, -0.25) is 4.79 Å². The Balaban J connectivity index is 2.90. The van der Waals surface area contributed by atoms with Crippen molar-refractivity contribution >= 4 is 11.6 Å². The Bertz CT molecular complexity index is 462. The number of nitrogens with zero attached hydrogens (tertiary/aromatic N) is 2. The molecule has 1 rings (SSSR count). The fourth-order valence-corrected chi connectivity index (χ4v) is 1.84. The van der Waals surface area contributed by atoms with Crippen molar-refractivity contribution in [1.29, 1.82) is 5.26 Å². The highest BCUT2D eigenvalue weighted by molar-refractivity contribution is 5.97. The zero-order chi connectivity index (χ0) is 13.7. The van der Waals surface area contributed by atoms with E-state index in [4.69, 9.17) is 11.0 Å². The Morgan fingerprint density at radius 1 is 1.44 bits per heavy atom. The van der Waals surface area contributed by atoms with Crippen LogP contribution < -0.4 is 10.6 Å². The Labute approximate surface area is 108 Å². The molecule has 1 atom stereocenters. The van der Waals surface area contributed by atoms with Crippen LogP contribution in [0.15, 0.2) is 24.3 Å². The SMILES string of the molecule is CC(C)C[C@@H](N)C(=O)N(C)c1ccccc1C#N. The van der Waals surface area contributed by atoms with Crippen LogP contribution in [0.5, 0.6) is 0 Å². The van der Waals surface area contributed by atoms with Crippen molar-refractivity contribution in [3.05, 3.63) is 29.8 Å². The minimum Gasteiger partial charge on any atom is -0.320 e. The highest BCUT2D eigenvalue weighted by Crippen LogP contribution is 2.19. The largest absolute Gasteiger partial charge is 0.320 e. The van der Waals surface area contributed by atoms with Crippen LogP contribution in [0.1, 0.15) is 25.8 Å². The molecule has 0 spiro atoms. The Morgan fingerprint density at radius 3 is 2.61 bits per heavy atom. The van der Waals surface area contributed by atoms with E-state index in [0.717, 1.165) is 0 Å². The number of para-hydroxylation sites is 1. The molecule has 96 valence electrons. The fourth-order valence-electron chi connectivity index (χ4n) is 1.84. The molecule has 1 amide bonds. The number of nitriles is 1. The number of nitrogens with two attached hydrogens (primary N) is 1. The molecule has 0 saturated heterocycles. The fraction of sp³-hybridized carbons (Fsp3) is 0.429. The van der Waals surface area contributed by atoms with Gasteiger partial charge in [0, 0.05) is 7.05 Å². The third-order valence-corrected chi connectivity index (χ3v) is 2.76. The van der Waals surface area contributed by atoms with Crippen LogP contribution >= 0.6 is 0 Å². The van der Waals surface area contributed by atoms with Crippen LogP contribution in [0, 0.1) is 17.2 Å². The molecule has 2 N–H and O–H groups in total. The summed E-state index contributed by atoms with van der Waals surface area (Å²) in [6.07, 6.45) is 0.637. The van der Waals surface area contributed by atoms with Crippen molar-refractivity contribution in [3.63, 3.8) is 0 Å². The van der Waals surface area contributed by atoms with Gasteiger partial charge in [0.2, 0.25) is 5.91 Å². The molecule has 1 aromatic carbocycles. The average Bonchev–Trinajstić information content (AvgIpc) is 2.36. The minimum atomic E-state index is -0.526. The summed E-state index contributed by atoms with van der Waals surface area (Å²) in [5, 5.41) is 9.01. The topological polar surface area (TPSA) is 70.1 Å². The summed E-state index contributed by atoms with van der Waals surface area (Å²) in [6.45, 7) is 4.05. The molecule has 4 nitrogen and oxygen atoms in total. The quantitative estimate of drug-likeness (QED) is 0.880. The van der Waals surface area contributed by atoms with Crippen molar-refractivity contribution in [2.45, 2.75) is 26.3 Å². The Kier molecular flexibility index (Phi) is 4.87. The molecule has 4 heteroatoms. The first-order chi connectivity index (χ1) is 8.47. The molecule has 0 radical (unpaired) electrons. The van der Waals surface area contributed by atoms with E-state index in [0.29, 0.717) is 23.6 Å². The predicted octanol–water partition coefficient (Wildman–Crippen LogP) is 1.89. The number of carbonyl (C=O) groups excluding carboxylic acids is 1. The lowest BCUT2D eigenvalue weighted by molar-refractivity contribution is -0.119. The molecule has 18 heavy (non-hydrogen) atoms. The van der Waals surface area contributed by atoms with Crippen LogP contribution in [0.25, 0.3) is 0 Å². The van der Waals surface area contributed by atoms with Gasteiger partial charge in [-0.1, -0.05) is 26.0 Å². The molecule has 1 aromatic rings. The number of hydrogen-bond donors (Lipinski definition) is 1. The number of likely N-dealkylation sites (N-methyl/N-ethyl adjacent to an activating group) is 1. The second-order valence-corrected chi connectivity index (χ2v) is 4.76. The Hall–Kier alpha value is -1.86. The average molecular weight is 245 g/mol. The molecular formula is C14H19N3O. The van der Waals surface area contributed by atoms with Gasteiger partial charge in [0.15, 0.2) is 0 Å². The number of hydrogen-bond acceptors (Lipinski definition) is 3. The van der Waals surface area contributed by atoms with Crippen LogP contribution in [-0.2, 0) is 4.79 Å². The van der Waals surface area contributed by atoms with Crippen molar-refractivity contribution in [2.75, 3.05) is 11.9 Å². The van der Waals surface area contributed by atoms with Crippen molar-refractivity contribution in [3.8, 4) is 6.07 Å². The molecule has 0 saturated carbocycles. The predicted molar refractivity (Wildman–Crippen MR) is 72.0 cm³/mol. The zero-order valence-corrected chi connectivity index (χ0v) is 11.1. The summed E-state index contributed by atoms with van der Waals surface area (Å²) in [5.41, 5.74) is 6.95. The molecule has 0 heterocycles. The van der Waals surface area contributed by atoms with Gasteiger partial charge in [-0.05, 0) is 24.5 Å². The first-order valence-electron chi connectivity index (χ1n) is 5.99. The number of benzene rings is 1. The standard InChI is InChI=1S/C14H19N3O/c1-10(2)8-12(16)14(18)17(3)13-7-5-4-6-11(13)9-15/h4-7,10,12H,8,16H2,1-3H3/t12-/m1/s1. The van der Waals surface area contributed by atoms with Crippen LogP contribution in [0.2, 0.25) is 0 Å². The molecule has 0 aliphatic rings. The first kappa shape index (κ1) is 14.2. The van der Waals surface area contributed by atoms with Gasteiger partial charge >= 0.3 is 0 Å². The molecule has 0 aliphatic carbocycles. The third-order valence-electron chi connectivity index (χ3n) is 2.76. The lowest BCUT2D eigenvalue weighted by Gasteiger charge is -2.23. The van der Waals surface area contributed by atoms with Gasteiger partial charge in [0.1, 0.15) is 6.07 Å². The van der Waals surface area contributed by atoms with E-state index in [-0.39, 0.29) is 5.91 Å². The van der Waals surface area contributed by atoms with E-state index in [1.807, 2.05) is 13.8 Å². The maximum absolute atomic E-state index is 12.1. The minimum absolute atomic E-state index is 0.161. The second kappa shape index (κ2) is 6.18. The van der Waals surface area contributed by atoms with E-state index in [1.165, 1.54) is 4.90 Å². The van der Waals surface area contributed by atoms with Gasteiger partial charge < -0.3 is 10.6 Å². The van der Waals surface area contributed by atoms with Crippen LogP contribution in [0.3, 0.4) is 0 Å². The van der Waals surface area contributed by atoms with E-state index in [2.05, 4.69) is 6.07 Å². The maximum atomic E-state index is 12.1. The third kappa shape index (κ3) is 3.31. The van der Waals surface area contributed by atoms with Crippen LogP contribution in [-0.4, -0.2) is 19.0 Å². The van der Waals surface area contributed by atoms with E-state index >= 15 is 0 Å². The van der Waals surface area contributed by atoms with Crippen molar-refractivity contribution in [1.82, 2.24) is 0 Å². The molecule has 0 aliphatic heterocycles. The molecule has 0 bridgehead atoms. The van der Waals surface area contributed by atoms with Gasteiger partial charge in [-0.15, -0.1) is 0 Å². The molecular weight excluding hydrogens is 226 g/mol. The van der Waals surface area contributed by atoms with Crippen LogP contribution in [0.4, 0.5) is 5.69 Å². The summed E-state index contributed by atoms with van der Waals surface area (Å²) < 4.78 is 0. The molecule has 0 aromatic heterocycles. The number of carbonyl (C=O) groups is 1. The highest BCUT2D eigenvalue weighted by atomic mass is 16.2. The van der Waals surface area contributed by atoms with E-state index in [1.54, 1.807) is 31.3 Å². The summed E-state index contributed by atoms with van der Waals surface area (Å²) in [4.78, 5) is 13.6. The smallest absolute Gasteiger partial charge is 0.243 e. The van der Waals surface area contributed by atoms with Gasteiger partial charge in [0.05, 0.1) is 17.3 Å². The van der Waals surface area contributed by atoms with E-state index < -0.39 is 6.04 Å². The Morgan fingerprint density at radius 2 is 2.06 bits per heavy atom. The number of amides is 1. The van der Waals surface area contributed by atoms with Crippen molar-refractivity contribution in [2.24, 2.45) is 11.7 Å². The summed E-state index contributed by atoms with van der Waals surface area (Å²) in [5.74, 6) is 0.204. The molecule has 0 unspecified atom stereocenters. The van der Waals surface area contributed by atoms with E-state index in [9.17, 15) is 4.79 Å².